The molecule has 2 heterocycles. The van der Waals surface area contributed by atoms with E-state index in [1.807, 2.05) is 24.3 Å². The summed E-state index contributed by atoms with van der Waals surface area (Å²) >= 11 is 5.95. The van der Waals surface area contributed by atoms with Crippen molar-refractivity contribution in [3.63, 3.8) is 0 Å². The number of aromatic nitrogens is 1. The number of fused-ring (bicyclic) bond motifs is 3. The summed E-state index contributed by atoms with van der Waals surface area (Å²) in [5, 5.41) is 4.38. The minimum Gasteiger partial charge on any atom is -0.333 e. The fraction of sp³-hybridized carbons (Fsp3) is 0.179. The molecule has 1 aliphatic rings. The standard InChI is InChI=1S/C28H24ClF2N3O/c29-21-7-3-19(4-8-21)2-1-14-33-15-13-27-25(18-33)24-16-23(31)11-12-26(24)34(27)28(35)32-17-20-5-9-22(30)10-6-20/h1-12,16H,13-15,17-18H2,(H,32,35)/b2-1+. The van der Waals surface area contributed by atoms with Crippen LogP contribution in [0, 0.1) is 11.6 Å². The molecule has 0 aliphatic carbocycles. The number of benzene rings is 3. The van der Waals surface area contributed by atoms with Crippen molar-refractivity contribution in [1.82, 2.24) is 14.8 Å². The summed E-state index contributed by atoms with van der Waals surface area (Å²) < 4.78 is 29.0. The Balaban J connectivity index is 1.36. The molecule has 0 atom stereocenters. The Bertz CT molecular complexity index is 1390. The Morgan fingerprint density at radius 2 is 1.74 bits per heavy atom. The van der Waals surface area contributed by atoms with Gasteiger partial charge in [0.25, 0.3) is 0 Å². The van der Waals surface area contributed by atoms with E-state index in [0.717, 1.165) is 40.9 Å². The van der Waals surface area contributed by atoms with E-state index in [0.29, 0.717) is 23.5 Å². The summed E-state index contributed by atoms with van der Waals surface area (Å²) in [5.41, 5.74) is 4.44. The molecule has 0 unspecified atom stereocenters. The molecule has 0 fully saturated rings. The van der Waals surface area contributed by atoms with Crippen molar-refractivity contribution in [3.8, 4) is 0 Å². The normalized spacial score (nSPS) is 13.9. The Labute approximate surface area is 207 Å². The van der Waals surface area contributed by atoms with Crippen molar-refractivity contribution in [2.24, 2.45) is 0 Å². The third-order valence-electron chi connectivity index (χ3n) is 6.29. The van der Waals surface area contributed by atoms with Crippen LogP contribution in [0.3, 0.4) is 0 Å². The van der Waals surface area contributed by atoms with Crippen LogP contribution < -0.4 is 5.32 Å². The largest absolute Gasteiger partial charge is 0.333 e. The van der Waals surface area contributed by atoms with E-state index in [4.69, 9.17) is 11.6 Å². The van der Waals surface area contributed by atoms with E-state index < -0.39 is 0 Å². The highest BCUT2D eigenvalue weighted by molar-refractivity contribution is 6.30. The van der Waals surface area contributed by atoms with E-state index in [9.17, 15) is 13.6 Å². The highest BCUT2D eigenvalue weighted by Crippen LogP contribution is 2.31. The molecule has 1 aromatic heterocycles. The van der Waals surface area contributed by atoms with Crippen LogP contribution in [-0.4, -0.2) is 28.6 Å². The van der Waals surface area contributed by atoms with Crippen molar-refractivity contribution in [2.75, 3.05) is 13.1 Å². The van der Waals surface area contributed by atoms with E-state index >= 15 is 0 Å². The van der Waals surface area contributed by atoms with Crippen molar-refractivity contribution in [1.29, 1.82) is 0 Å². The van der Waals surface area contributed by atoms with Crippen LogP contribution in [0.15, 0.2) is 72.8 Å². The topological polar surface area (TPSA) is 37.3 Å². The van der Waals surface area contributed by atoms with Crippen LogP contribution in [0.25, 0.3) is 17.0 Å². The Morgan fingerprint density at radius 1 is 1.00 bits per heavy atom. The lowest BCUT2D eigenvalue weighted by atomic mass is 10.0. The number of hydrogen-bond acceptors (Lipinski definition) is 2. The zero-order chi connectivity index (χ0) is 24.4. The van der Waals surface area contributed by atoms with Gasteiger partial charge in [-0.3, -0.25) is 9.47 Å². The predicted molar refractivity (Wildman–Crippen MR) is 135 cm³/mol. The maximum Gasteiger partial charge on any atom is 0.326 e. The maximum atomic E-state index is 14.2. The summed E-state index contributed by atoms with van der Waals surface area (Å²) in [6, 6.07) is 17.9. The van der Waals surface area contributed by atoms with Crippen LogP contribution >= 0.6 is 11.6 Å². The van der Waals surface area contributed by atoms with Gasteiger partial charge in [0.05, 0.1) is 5.52 Å². The summed E-state index contributed by atoms with van der Waals surface area (Å²) in [7, 11) is 0. The molecule has 0 radical (unpaired) electrons. The molecule has 0 saturated carbocycles. The third kappa shape index (κ3) is 5.14. The minimum atomic E-state index is -0.330. The lowest BCUT2D eigenvalue weighted by Crippen LogP contribution is -2.34. The van der Waals surface area contributed by atoms with Crippen LogP contribution in [0.2, 0.25) is 5.02 Å². The number of amides is 1. The average molecular weight is 492 g/mol. The second-order valence-electron chi connectivity index (χ2n) is 8.65. The van der Waals surface area contributed by atoms with E-state index in [1.54, 1.807) is 22.8 Å². The third-order valence-corrected chi connectivity index (χ3v) is 6.55. The van der Waals surface area contributed by atoms with Gasteiger partial charge in [0.1, 0.15) is 11.6 Å². The SMILES string of the molecule is O=C(NCc1ccc(F)cc1)n1c2c(c3cc(F)ccc31)CN(C/C=C/c1ccc(Cl)cc1)CC2. The van der Waals surface area contributed by atoms with Gasteiger partial charge in [0.2, 0.25) is 0 Å². The van der Waals surface area contributed by atoms with Gasteiger partial charge >= 0.3 is 6.03 Å². The fourth-order valence-corrected chi connectivity index (χ4v) is 4.67. The van der Waals surface area contributed by atoms with Gasteiger partial charge in [-0.25, -0.2) is 13.6 Å². The van der Waals surface area contributed by atoms with Crippen molar-refractivity contribution in [3.05, 3.63) is 112 Å². The molecule has 4 nitrogen and oxygen atoms in total. The van der Waals surface area contributed by atoms with E-state index in [1.165, 1.54) is 24.3 Å². The van der Waals surface area contributed by atoms with Crippen LogP contribution in [0.4, 0.5) is 13.6 Å². The van der Waals surface area contributed by atoms with Gasteiger partial charge in [-0.05, 0) is 59.2 Å². The first kappa shape index (κ1) is 23.3. The van der Waals surface area contributed by atoms with Crippen LogP contribution in [-0.2, 0) is 19.5 Å². The molecule has 1 N–H and O–H groups in total. The molecule has 7 heteroatoms. The maximum absolute atomic E-state index is 14.2. The van der Waals surface area contributed by atoms with Crippen LogP contribution in [0.5, 0.6) is 0 Å². The summed E-state index contributed by atoms with van der Waals surface area (Å²) in [4.78, 5) is 15.5. The highest BCUT2D eigenvalue weighted by Gasteiger charge is 2.26. The quantitative estimate of drug-likeness (QED) is 0.350. The lowest BCUT2D eigenvalue weighted by Gasteiger charge is -2.27. The average Bonchev–Trinajstić information content (AvgIpc) is 3.18. The molecule has 0 saturated heterocycles. The number of carbonyl (C=O) groups excluding carboxylic acids is 1. The number of hydrogen-bond donors (Lipinski definition) is 1. The number of nitrogens with one attached hydrogen (secondary N) is 1. The fourth-order valence-electron chi connectivity index (χ4n) is 4.55. The van der Waals surface area contributed by atoms with Gasteiger partial charge in [0, 0.05) is 48.7 Å². The Hall–Kier alpha value is -3.48. The van der Waals surface area contributed by atoms with Crippen LogP contribution in [0.1, 0.15) is 22.4 Å². The first-order valence-corrected chi connectivity index (χ1v) is 11.8. The van der Waals surface area contributed by atoms with Gasteiger partial charge in [-0.2, -0.15) is 0 Å². The smallest absolute Gasteiger partial charge is 0.326 e. The second-order valence-corrected chi connectivity index (χ2v) is 9.08. The predicted octanol–water partition coefficient (Wildman–Crippen LogP) is 6.40. The molecule has 3 aromatic carbocycles. The van der Waals surface area contributed by atoms with Gasteiger partial charge in [0.15, 0.2) is 0 Å². The Kier molecular flexibility index (Phi) is 6.66. The number of nitrogens with zero attached hydrogens (tertiary/aromatic N) is 2. The first-order chi connectivity index (χ1) is 17.0. The van der Waals surface area contributed by atoms with Crippen molar-refractivity contribution < 1.29 is 13.6 Å². The number of rotatable bonds is 5. The summed E-state index contributed by atoms with van der Waals surface area (Å²) in [5.74, 6) is -0.649. The van der Waals surface area contributed by atoms with Gasteiger partial charge in [-0.15, -0.1) is 0 Å². The van der Waals surface area contributed by atoms with E-state index in [-0.39, 0.29) is 24.2 Å². The molecule has 1 aliphatic heterocycles. The molecule has 0 bridgehead atoms. The van der Waals surface area contributed by atoms with Crippen molar-refractivity contribution in [2.45, 2.75) is 19.5 Å². The zero-order valence-electron chi connectivity index (χ0n) is 19.0. The van der Waals surface area contributed by atoms with Gasteiger partial charge < -0.3 is 5.32 Å². The van der Waals surface area contributed by atoms with Gasteiger partial charge in [-0.1, -0.05) is 48.0 Å². The molecule has 0 spiro atoms. The minimum absolute atomic E-state index is 0.274. The summed E-state index contributed by atoms with van der Waals surface area (Å²) in [6.45, 7) is 2.41. The molecule has 178 valence electrons. The summed E-state index contributed by atoms with van der Waals surface area (Å²) in [6.07, 6.45) is 4.82. The van der Waals surface area contributed by atoms with Crippen molar-refractivity contribution >= 4 is 34.6 Å². The Morgan fingerprint density at radius 3 is 2.51 bits per heavy atom. The van der Waals surface area contributed by atoms with E-state index in [2.05, 4.69) is 22.4 Å². The molecule has 35 heavy (non-hydrogen) atoms. The molecular formula is C28H24ClF2N3O. The molecule has 1 amide bonds. The number of halogens is 3. The lowest BCUT2D eigenvalue weighted by molar-refractivity contribution is 0.240. The molecule has 4 aromatic rings. The first-order valence-electron chi connectivity index (χ1n) is 11.5. The molecule has 5 rings (SSSR count). The number of carbonyl (C=O) groups is 1. The molecular weight excluding hydrogens is 468 g/mol. The monoisotopic (exact) mass is 491 g/mol. The highest BCUT2D eigenvalue weighted by atomic mass is 35.5. The second kappa shape index (κ2) is 10.0. The zero-order valence-corrected chi connectivity index (χ0v) is 19.7.